The fourth-order valence-corrected chi connectivity index (χ4v) is 1.89. The van der Waals surface area contributed by atoms with Gasteiger partial charge < -0.3 is 4.74 Å². The van der Waals surface area contributed by atoms with Gasteiger partial charge in [-0.15, -0.1) is 0 Å². The second-order valence-electron chi connectivity index (χ2n) is 4.59. The summed E-state index contributed by atoms with van der Waals surface area (Å²) in [6.07, 6.45) is 3.27. The lowest BCUT2D eigenvalue weighted by atomic mass is 9.83. The Morgan fingerprint density at radius 3 is 2.62 bits per heavy atom. The summed E-state index contributed by atoms with van der Waals surface area (Å²) in [4.78, 5) is 10.9. The lowest BCUT2D eigenvalue weighted by molar-refractivity contribution is -0.142. The summed E-state index contributed by atoms with van der Waals surface area (Å²) >= 11 is 0. The number of hydrogen-bond acceptors (Lipinski definition) is 2. The van der Waals surface area contributed by atoms with Crippen molar-refractivity contribution in [1.29, 1.82) is 0 Å². The van der Waals surface area contributed by atoms with Gasteiger partial charge in [-0.3, -0.25) is 0 Å². The molecule has 0 bridgehead atoms. The van der Waals surface area contributed by atoms with Gasteiger partial charge in [0.2, 0.25) is 0 Å². The molecule has 2 unspecified atom stereocenters. The fourth-order valence-electron chi connectivity index (χ4n) is 1.89. The standard InChI is InChI=1S/C11H18O2/c1-5-10(12)13-9-6-8(2)11(3,4)7-9/h5,8-9H,1,6-7H2,2-4H3. The van der Waals surface area contributed by atoms with Gasteiger partial charge in [0.05, 0.1) is 0 Å². The van der Waals surface area contributed by atoms with E-state index in [1.807, 2.05) is 0 Å². The van der Waals surface area contributed by atoms with E-state index < -0.39 is 0 Å². The van der Waals surface area contributed by atoms with Gasteiger partial charge in [-0.2, -0.15) is 0 Å². The van der Waals surface area contributed by atoms with E-state index in [1.54, 1.807) is 0 Å². The van der Waals surface area contributed by atoms with Crippen molar-refractivity contribution >= 4 is 5.97 Å². The van der Waals surface area contributed by atoms with Crippen LogP contribution in [0.25, 0.3) is 0 Å². The van der Waals surface area contributed by atoms with Crippen LogP contribution in [0, 0.1) is 11.3 Å². The Labute approximate surface area is 80.0 Å². The van der Waals surface area contributed by atoms with Crippen molar-refractivity contribution < 1.29 is 9.53 Å². The Morgan fingerprint density at radius 1 is 1.62 bits per heavy atom. The van der Waals surface area contributed by atoms with Gasteiger partial charge >= 0.3 is 5.97 Å². The van der Waals surface area contributed by atoms with Crippen LogP contribution in [0.3, 0.4) is 0 Å². The zero-order valence-corrected chi connectivity index (χ0v) is 8.67. The first-order valence-electron chi connectivity index (χ1n) is 4.79. The molecule has 1 saturated carbocycles. The summed E-state index contributed by atoms with van der Waals surface area (Å²) < 4.78 is 5.21. The molecule has 0 radical (unpaired) electrons. The summed E-state index contributed by atoms with van der Waals surface area (Å²) in [5.74, 6) is 0.324. The number of carbonyl (C=O) groups excluding carboxylic acids is 1. The van der Waals surface area contributed by atoms with Crippen molar-refractivity contribution in [2.45, 2.75) is 39.7 Å². The predicted octanol–water partition coefficient (Wildman–Crippen LogP) is 2.54. The van der Waals surface area contributed by atoms with Crippen molar-refractivity contribution in [3.63, 3.8) is 0 Å². The van der Waals surface area contributed by atoms with E-state index in [9.17, 15) is 4.79 Å². The van der Waals surface area contributed by atoms with Crippen LogP contribution in [0.5, 0.6) is 0 Å². The van der Waals surface area contributed by atoms with E-state index >= 15 is 0 Å². The molecule has 0 amide bonds. The highest BCUT2D eigenvalue weighted by Crippen LogP contribution is 2.43. The molecule has 0 heterocycles. The molecule has 0 N–H and O–H groups in total. The first-order valence-corrected chi connectivity index (χ1v) is 4.79. The van der Waals surface area contributed by atoms with Crippen LogP contribution < -0.4 is 0 Å². The third kappa shape index (κ3) is 2.33. The fraction of sp³-hybridized carbons (Fsp3) is 0.727. The molecule has 0 aromatic heterocycles. The zero-order valence-electron chi connectivity index (χ0n) is 8.67. The summed E-state index contributed by atoms with van der Waals surface area (Å²) in [5, 5.41) is 0. The Hall–Kier alpha value is -0.790. The van der Waals surface area contributed by atoms with Crippen molar-refractivity contribution in [3.8, 4) is 0 Å². The van der Waals surface area contributed by atoms with Crippen molar-refractivity contribution in [3.05, 3.63) is 12.7 Å². The normalized spacial score (nSPS) is 31.3. The SMILES string of the molecule is C=CC(=O)OC1CC(C)C(C)(C)C1. The van der Waals surface area contributed by atoms with Gasteiger partial charge in [0.1, 0.15) is 6.10 Å². The molecule has 0 aliphatic heterocycles. The molecule has 0 aromatic carbocycles. The minimum atomic E-state index is -0.296. The topological polar surface area (TPSA) is 26.3 Å². The molecule has 13 heavy (non-hydrogen) atoms. The van der Waals surface area contributed by atoms with Crippen LogP contribution in [0.15, 0.2) is 12.7 Å². The minimum absolute atomic E-state index is 0.0931. The molecule has 74 valence electrons. The van der Waals surface area contributed by atoms with Gasteiger partial charge in [-0.05, 0) is 24.2 Å². The summed E-state index contributed by atoms with van der Waals surface area (Å²) in [6, 6.07) is 0. The predicted molar refractivity (Wildman–Crippen MR) is 52.3 cm³/mol. The van der Waals surface area contributed by atoms with E-state index in [2.05, 4.69) is 27.4 Å². The first kappa shape index (κ1) is 10.3. The van der Waals surface area contributed by atoms with Crippen LogP contribution in [-0.2, 0) is 9.53 Å². The molecule has 2 nitrogen and oxygen atoms in total. The van der Waals surface area contributed by atoms with E-state index in [-0.39, 0.29) is 12.1 Å². The summed E-state index contributed by atoms with van der Waals surface area (Å²) in [6.45, 7) is 10.0. The largest absolute Gasteiger partial charge is 0.459 e. The number of ether oxygens (including phenoxy) is 1. The van der Waals surface area contributed by atoms with Gasteiger partial charge in [0.15, 0.2) is 0 Å². The molecule has 1 aliphatic rings. The Morgan fingerprint density at radius 2 is 2.23 bits per heavy atom. The van der Waals surface area contributed by atoms with Crippen molar-refractivity contribution in [2.24, 2.45) is 11.3 Å². The lowest BCUT2D eigenvalue weighted by Crippen LogP contribution is -2.16. The van der Waals surface area contributed by atoms with E-state index in [4.69, 9.17) is 4.74 Å². The average Bonchev–Trinajstić information content (AvgIpc) is 2.25. The second-order valence-corrected chi connectivity index (χ2v) is 4.59. The van der Waals surface area contributed by atoms with Crippen LogP contribution in [0.1, 0.15) is 33.6 Å². The highest BCUT2D eigenvalue weighted by molar-refractivity contribution is 5.81. The highest BCUT2D eigenvalue weighted by Gasteiger charge is 2.39. The maximum Gasteiger partial charge on any atom is 0.330 e. The summed E-state index contributed by atoms with van der Waals surface area (Å²) in [7, 11) is 0. The van der Waals surface area contributed by atoms with Gasteiger partial charge in [0, 0.05) is 6.08 Å². The van der Waals surface area contributed by atoms with E-state index in [1.165, 1.54) is 6.08 Å². The van der Waals surface area contributed by atoms with Crippen molar-refractivity contribution in [2.75, 3.05) is 0 Å². The summed E-state index contributed by atoms with van der Waals surface area (Å²) in [5.41, 5.74) is 0.298. The highest BCUT2D eigenvalue weighted by atomic mass is 16.5. The number of esters is 1. The molecular weight excluding hydrogens is 164 g/mol. The number of hydrogen-bond donors (Lipinski definition) is 0. The molecule has 1 rings (SSSR count). The Kier molecular flexibility index (Phi) is 2.79. The molecular formula is C11H18O2. The maximum atomic E-state index is 10.9. The van der Waals surface area contributed by atoms with E-state index in [0.29, 0.717) is 11.3 Å². The smallest absolute Gasteiger partial charge is 0.330 e. The van der Waals surface area contributed by atoms with Crippen LogP contribution in [-0.4, -0.2) is 12.1 Å². The van der Waals surface area contributed by atoms with E-state index in [0.717, 1.165) is 12.8 Å². The third-order valence-electron chi connectivity index (χ3n) is 3.15. The van der Waals surface area contributed by atoms with Gasteiger partial charge in [0.25, 0.3) is 0 Å². The first-order chi connectivity index (χ1) is 5.95. The quantitative estimate of drug-likeness (QED) is 0.484. The maximum absolute atomic E-state index is 10.9. The molecule has 1 aliphatic carbocycles. The van der Waals surface area contributed by atoms with Gasteiger partial charge in [-0.25, -0.2) is 4.79 Å². The molecule has 2 heteroatoms. The third-order valence-corrected chi connectivity index (χ3v) is 3.15. The molecule has 2 atom stereocenters. The van der Waals surface area contributed by atoms with Crippen LogP contribution in [0.2, 0.25) is 0 Å². The Balaban J connectivity index is 2.49. The molecule has 0 spiro atoms. The molecule has 0 aromatic rings. The average molecular weight is 182 g/mol. The monoisotopic (exact) mass is 182 g/mol. The number of carbonyl (C=O) groups is 1. The number of rotatable bonds is 2. The van der Waals surface area contributed by atoms with Crippen LogP contribution >= 0.6 is 0 Å². The lowest BCUT2D eigenvalue weighted by Gasteiger charge is -2.22. The Bertz CT molecular complexity index is 218. The molecule has 1 fully saturated rings. The zero-order chi connectivity index (χ0) is 10.1. The molecule has 0 saturated heterocycles. The van der Waals surface area contributed by atoms with Gasteiger partial charge in [-0.1, -0.05) is 27.4 Å². The van der Waals surface area contributed by atoms with Crippen LogP contribution in [0.4, 0.5) is 0 Å². The minimum Gasteiger partial charge on any atom is -0.459 e. The second kappa shape index (κ2) is 3.52. The van der Waals surface area contributed by atoms with Crippen molar-refractivity contribution in [1.82, 2.24) is 0 Å².